The molecule has 1 heterocycles. The third kappa shape index (κ3) is 3.02. The van der Waals surface area contributed by atoms with Crippen LogP contribution < -0.4 is 5.32 Å². The second-order valence-corrected chi connectivity index (χ2v) is 4.32. The Bertz CT molecular complexity index is 285. The van der Waals surface area contributed by atoms with Gasteiger partial charge in [-0.05, 0) is 38.8 Å². The molecule has 1 atom stereocenters. The van der Waals surface area contributed by atoms with Gasteiger partial charge in [-0.2, -0.15) is 0 Å². The van der Waals surface area contributed by atoms with Gasteiger partial charge in [0, 0.05) is 23.1 Å². The van der Waals surface area contributed by atoms with Crippen LogP contribution in [0.5, 0.6) is 0 Å². The average molecular weight is 192 g/mol. The summed E-state index contributed by atoms with van der Waals surface area (Å²) in [4.78, 5) is 4.35. The Labute approximate surface area is 86.8 Å². The lowest BCUT2D eigenvalue weighted by atomic mass is 10.1. The zero-order chi connectivity index (χ0) is 10.7. The summed E-state index contributed by atoms with van der Waals surface area (Å²) in [6.07, 6.45) is 0. The van der Waals surface area contributed by atoms with Gasteiger partial charge in [-0.3, -0.25) is 4.98 Å². The molecule has 78 valence electrons. The van der Waals surface area contributed by atoms with E-state index in [0.717, 1.165) is 11.4 Å². The summed E-state index contributed by atoms with van der Waals surface area (Å²) in [7, 11) is 0. The van der Waals surface area contributed by atoms with Crippen LogP contribution in [0.3, 0.4) is 0 Å². The molecule has 1 unspecified atom stereocenters. The molecule has 0 amide bonds. The van der Waals surface area contributed by atoms with Gasteiger partial charge in [-0.15, -0.1) is 0 Å². The van der Waals surface area contributed by atoms with Gasteiger partial charge in [-0.1, -0.05) is 13.8 Å². The van der Waals surface area contributed by atoms with Crippen LogP contribution in [0.2, 0.25) is 0 Å². The third-order valence-corrected chi connectivity index (χ3v) is 2.48. The first-order valence-electron chi connectivity index (χ1n) is 5.21. The number of aromatic nitrogens is 1. The number of pyridine rings is 1. The number of nitrogens with one attached hydrogen (secondary N) is 1. The molecule has 14 heavy (non-hydrogen) atoms. The predicted octanol–water partition coefficient (Wildman–Crippen LogP) is 3.15. The van der Waals surface area contributed by atoms with E-state index in [1.165, 1.54) is 5.69 Å². The summed E-state index contributed by atoms with van der Waals surface area (Å²) < 4.78 is 0. The minimum Gasteiger partial charge on any atom is -0.382 e. The van der Waals surface area contributed by atoms with Gasteiger partial charge in [0.05, 0.1) is 0 Å². The Morgan fingerprint density at radius 1 is 1.07 bits per heavy atom. The van der Waals surface area contributed by atoms with E-state index in [2.05, 4.69) is 43.2 Å². The molecule has 0 saturated carbocycles. The molecule has 1 aromatic heterocycles. The second kappa shape index (κ2) is 4.45. The molecular formula is C12H20N2. The van der Waals surface area contributed by atoms with Crippen LogP contribution in [0.15, 0.2) is 12.1 Å². The number of anilines is 1. The molecule has 0 aromatic carbocycles. The maximum Gasteiger partial charge on any atom is 0.0396 e. The summed E-state index contributed by atoms with van der Waals surface area (Å²) >= 11 is 0. The van der Waals surface area contributed by atoms with E-state index in [0.29, 0.717) is 12.0 Å². The van der Waals surface area contributed by atoms with Gasteiger partial charge in [-0.25, -0.2) is 0 Å². The molecule has 0 aliphatic carbocycles. The zero-order valence-corrected chi connectivity index (χ0v) is 9.76. The fourth-order valence-electron chi connectivity index (χ4n) is 1.35. The molecule has 0 bridgehead atoms. The van der Waals surface area contributed by atoms with Crippen molar-refractivity contribution in [3.8, 4) is 0 Å². The van der Waals surface area contributed by atoms with Gasteiger partial charge in [0.1, 0.15) is 0 Å². The Morgan fingerprint density at radius 2 is 1.57 bits per heavy atom. The zero-order valence-electron chi connectivity index (χ0n) is 9.76. The molecule has 1 N–H and O–H groups in total. The molecular weight excluding hydrogens is 172 g/mol. The van der Waals surface area contributed by atoms with Crippen LogP contribution in [-0.2, 0) is 0 Å². The van der Waals surface area contributed by atoms with E-state index >= 15 is 0 Å². The van der Waals surface area contributed by atoms with Crippen LogP contribution in [0.4, 0.5) is 5.69 Å². The highest BCUT2D eigenvalue weighted by molar-refractivity contribution is 5.45. The topological polar surface area (TPSA) is 24.9 Å². The van der Waals surface area contributed by atoms with Crippen molar-refractivity contribution in [3.05, 3.63) is 23.5 Å². The normalized spacial score (nSPS) is 13.0. The van der Waals surface area contributed by atoms with E-state index in [9.17, 15) is 0 Å². The summed E-state index contributed by atoms with van der Waals surface area (Å²) in [6.45, 7) is 10.7. The minimum absolute atomic E-state index is 0.496. The molecule has 2 nitrogen and oxygen atoms in total. The molecule has 0 aliphatic heterocycles. The van der Waals surface area contributed by atoms with Crippen LogP contribution in [0.25, 0.3) is 0 Å². The lowest BCUT2D eigenvalue weighted by molar-refractivity contribution is 0.560. The Balaban J connectivity index is 2.76. The van der Waals surface area contributed by atoms with Crippen LogP contribution in [0.1, 0.15) is 32.2 Å². The van der Waals surface area contributed by atoms with E-state index in [1.807, 2.05) is 13.8 Å². The summed E-state index contributed by atoms with van der Waals surface area (Å²) in [5, 5.41) is 3.48. The van der Waals surface area contributed by atoms with Gasteiger partial charge in [0.2, 0.25) is 0 Å². The molecule has 1 aromatic rings. The van der Waals surface area contributed by atoms with Gasteiger partial charge < -0.3 is 5.32 Å². The molecule has 0 radical (unpaired) electrons. The Kier molecular flexibility index (Phi) is 3.50. The van der Waals surface area contributed by atoms with Gasteiger partial charge in [0.25, 0.3) is 0 Å². The third-order valence-electron chi connectivity index (χ3n) is 2.48. The second-order valence-electron chi connectivity index (χ2n) is 4.32. The Hall–Kier alpha value is -1.05. The number of aryl methyl sites for hydroxylation is 2. The number of hydrogen-bond acceptors (Lipinski definition) is 2. The van der Waals surface area contributed by atoms with E-state index in [1.54, 1.807) is 0 Å². The minimum atomic E-state index is 0.496. The number of nitrogens with zero attached hydrogens (tertiary/aromatic N) is 1. The SMILES string of the molecule is Cc1cc(NC(C)C(C)C)cc(C)n1. The summed E-state index contributed by atoms with van der Waals surface area (Å²) in [6, 6.07) is 4.67. The smallest absolute Gasteiger partial charge is 0.0396 e. The van der Waals surface area contributed by atoms with Gasteiger partial charge >= 0.3 is 0 Å². The number of hydrogen-bond donors (Lipinski definition) is 1. The van der Waals surface area contributed by atoms with Crippen molar-refractivity contribution in [1.82, 2.24) is 4.98 Å². The van der Waals surface area contributed by atoms with Crippen LogP contribution in [0, 0.1) is 19.8 Å². The maximum atomic E-state index is 4.35. The quantitative estimate of drug-likeness (QED) is 0.795. The highest BCUT2D eigenvalue weighted by Crippen LogP contribution is 2.14. The highest BCUT2D eigenvalue weighted by atomic mass is 14.9. The molecule has 0 fully saturated rings. The highest BCUT2D eigenvalue weighted by Gasteiger charge is 2.06. The fourth-order valence-corrected chi connectivity index (χ4v) is 1.35. The first-order chi connectivity index (χ1) is 6.49. The van der Waals surface area contributed by atoms with Crippen LogP contribution in [-0.4, -0.2) is 11.0 Å². The van der Waals surface area contributed by atoms with Crippen molar-refractivity contribution in [3.63, 3.8) is 0 Å². The van der Waals surface area contributed by atoms with Crippen molar-refractivity contribution < 1.29 is 0 Å². The molecule has 0 saturated heterocycles. The maximum absolute atomic E-state index is 4.35. The lowest BCUT2D eigenvalue weighted by Crippen LogP contribution is -2.21. The van der Waals surface area contributed by atoms with E-state index in [4.69, 9.17) is 0 Å². The molecule has 2 heteroatoms. The molecule has 1 rings (SSSR count). The fraction of sp³-hybridized carbons (Fsp3) is 0.583. The molecule has 0 spiro atoms. The largest absolute Gasteiger partial charge is 0.382 e. The predicted molar refractivity (Wildman–Crippen MR) is 61.6 cm³/mol. The van der Waals surface area contributed by atoms with Crippen molar-refractivity contribution >= 4 is 5.69 Å². The Morgan fingerprint density at radius 3 is 2.00 bits per heavy atom. The molecule has 0 aliphatic rings. The van der Waals surface area contributed by atoms with Crippen molar-refractivity contribution in [2.75, 3.05) is 5.32 Å². The lowest BCUT2D eigenvalue weighted by Gasteiger charge is -2.19. The average Bonchev–Trinajstić information content (AvgIpc) is 2.01. The summed E-state index contributed by atoms with van der Waals surface area (Å²) in [5.41, 5.74) is 3.32. The van der Waals surface area contributed by atoms with E-state index in [-0.39, 0.29) is 0 Å². The van der Waals surface area contributed by atoms with Crippen LogP contribution >= 0.6 is 0 Å². The van der Waals surface area contributed by atoms with Crippen molar-refractivity contribution in [2.24, 2.45) is 5.92 Å². The first kappa shape index (κ1) is 11.0. The first-order valence-corrected chi connectivity index (χ1v) is 5.21. The van der Waals surface area contributed by atoms with Crippen molar-refractivity contribution in [2.45, 2.75) is 40.7 Å². The summed E-state index contributed by atoms with van der Waals surface area (Å²) in [5.74, 6) is 0.642. The van der Waals surface area contributed by atoms with Crippen molar-refractivity contribution in [1.29, 1.82) is 0 Å². The number of rotatable bonds is 3. The monoisotopic (exact) mass is 192 g/mol. The standard InChI is InChI=1S/C12H20N2/c1-8(2)11(5)14-12-6-9(3)13-10(4)7-12/h6-8,11H,1-5H3,(H,13,14). The van der Waals surface area contributed by atoms with E-state index < -0.39 is 0 Å². The van der Waals surface area contributed by atoms with Gasteiger partial charge in [0.15, 0.2) is 0 Å².